The Morgan fingerprint density at radius 1 is 1.30 bits per heavy atom. The molecule has 20 heavy (non-hydrogen) atoms. The first-order chi connectivity index (χ1) is 9.61. The van der Waals surface area contributed by atoms with Crippen LogP contribution in [0.5, 0.6) is 5.75 Å². The Hall–Kier alpha value is -1.06. The monoisotopic (exact) mass is 276 g/mol. The van der Waals surface area contributed by atoms with E-state index in [1.807, 2.05) is 25.1 Å². The van der Waals surface area contributed by atoms with Gasteiger partial charge in [-0.05, 0) is 37.8 Å². The van der Waals surface area contributed by atoms with E-state index in [0.29, 0.717) is 6.61 Å². The molecule has 0 aromatic heterocycles. The van der Waals surface area contributed by atoms with E-state index >= 15 is 0 Å². The first kappa shape index (κ1) is 15.3. The lowest BCUT2D eigenvalue weighted by molar-refractivity contribution is 0.131. The molecule has 2 rings (SSSR count). The van der Waals surface area contributed by atoms with Crippen molar-refractivity contribution >= 4 is 0 Å². The molecule has 0 aliphatic carbocycles. The van der Waals surface area contributed by atoms with Gasteiger partial charge in [-0.25, -0.2) is 0 Å². The van der Waals surface area contributed by atoms with Crippen molar-refractivity contribution in [2.24, 2.45) is 17.6 Å². The zero-order valence-electron chi connectivity index (χ0n) is 13.0. The van der Waals surface area contributed by atoms with E-state index in [4.69, 9.17) is 10.5 Å². The van der Waals surface area contributed by atoms with Crippen LogP contribution in [0.1, 0.15) is 38.8 Å². The maximum absolute atomic E-state index is 6.42. The Morgan fingerprint density at radius 3 is 2.75 bits per heavy atom. The Balaban J connectivity index is 1.99. The van der Waals surface area contributed by atoms with Crippen molar-refractivity contribution < 1.29 is 4.74 Å². The van der Waals surface area contributed by atoms with Crippen molar-refractivity contribution in [3.05, 3.63) is 29.8 Å². The van der Waals surface area contributed by atoms with Crippen LogP contribution in [0.15, 0.2) is 24.3 Å². The molecule has 1 aromatic rings. The number of nitrogens with zero attached hydrogens (tertiary/aromatic N) is 1. The molecular formula is C17H28N2O. The van der Waals surface area contributed by atoms with Crippen molar-refractivity contribution in [3.63, 3.8) is 0 Å². The van der Waals surface area contributed by atoms with Gasteiger partial charge in [0.15, 0.2) is 0 Å². The van der Waals surface area contributed by atoms with Gasteiger partial charge in [0.05, 0.1) is 6.61 Å². The van der Waals surface area contributed by atoms with Crippen molar-refractivity contribution in [1.82, 2.24) is 4.90 Å². The molecule has 3 unspecified atom stereocenters. The summed E-state index contributed by atoms with van der Waals surface area (Å²) in [5.41, 5.74) is 7.54. The minimum atomic E-state index is 0.0263. The van der Waals surface area contributed by atoms with Gasteiger partial charge in [-0.15, -0.1) is 0 Å². The van der Waals surface area contributed by atoms with Crippen LogP contribution in [0, 0.1) is 11.8 Å². The predicted molar refractivity (Wildman–Crippen MR) is 83.9 cm³/mol. The summed E-state index contributed by atoms with van der Waals surface area (Å²) in [4.78, 5) is 2.50. The van der Waals surface area contributed by atoms with E-state index in [-0.39, 0.29) is 6.04 Å². The molecule has 3 heteroatoms. The highest BCUT2D eigenvalue weighted by Crippen LogP contribution is 2.27. The number of rotatable bonds is 5. The highest BCUT2D eigenvalue weighted by Gasteiger charge is 2.24. The van der Waals surface area contributed by atoms with E-state index < -0.39 is 0 Å². The molecule has 1 heterocycles. The summed E-state index contributed by atoms with van der Waals surface area (Å²) >= 11 is 0. The van der Waals surface area contributed by atoms with Crippen LogP contribution in [0.3, 0.4) is 0 Å². The summed E-state index contributed by atoms with van der Waals surface area (Å²) in [7, 11) is 0. The van der Waals surface area contributed by atoms with Crippen LogP contribution < -0.4 is 10.5 Å². The fourth-order valence-electron chi connectivity index (χ4n) is 2.97. The Morgan fingerprint density at radius 2 is 2.05 bits per heavy atom. The van der Waals surface area contributed by atoms with Crippen LogP contribution in [-0.4, -0.2) is 31.1 Å². The Bertz CT molecular complexity index is 421. The average molecular weight is 276 g/mol. The molecule has 1 saturated heterocycles. The molecule has 2 N–H and O–H groups in total. The quantitative estimate of drug-likeness (QED) is 0.898. The molecular weight excluding hydrogens is 248 g/mol. The number of ether oxygens (including phenoxy) is 1. The minimum absolute atomic E-state index is 0.0263. The maximum atomic E-state index is 6.42. The van der Waals surface area contributed by atoms with Crippen LogP contribution in [-0.2, 0) is 0 Å². The topological polar surface area (TPSA) is 38.5 Å². The molecule has 112 valence electrons. The molecule has 0 spiro atoms. The van der Waals surface area contributed by atoms with Gasteiger partial charge in [0.1, 0.15) is 5.75 Å². The average Bonchev–Trinajstić information content (AvgIpc) is 2.44. The first-order valence-electron chi connectivity index (χ1n) is 7.81. The van der Waals surface area contributed by atoms with Gasteiger partial charge in [-0.2, -0.15) is 0 Å². The van der Waals surface area contributed by atoms with Gasteiger partial charge >= 0.3 is 0 Å². The van der Waals surface area contributed by atoms with Gasteiger partial charge < -0.3 is 15.4 Å². The smallest absolute Gasteiger partial charge is 0.124 e. The number of piperidine rings is 1. The zero-order chi connectivity index (χ0) is 14.5. The van der Waals surface area contributed by atoms with Crippen LogP contribution >= 0.6 is 0 Å². The van der Waals surface area contributed by atoms with Crippen LogP contribution in [0.25, 0.3) is 0 Å². The molecule has 1 aliphatic heterocycles. The van der Waals surface area contributed by atoms with Crippen LogP contribution in [0.2, 0.25) is 0 Å². The van der Waals surface area contributed by atoms with E-state index in [1.165, 1.54) is 6.42 Å². The number of hydrogen-bond donors (Lipinski definition) is 1. The molecule has 0 radical (unpaired) electrons. The summed E-state index contributed by atoms with van der Waals surface area (Å²) < 4.78 is 5.69. The second-order valence-corrected chi connectivity index (χ2v) is 6.08. The third-order valence-electron chi connectivity index (χ3n) is 4.49. The van der Waals surface area contributed by atoms with E-state index in [0.717, 1.165) is 42.8 Å². The summed E-state index contributed by atoms with van der Waals surface area (Å²) in [6.45, 7) is 10.6. The van der Waals surface area contributed by atoms with E-state index in [9.17, 15) is 0 Å². The maximum Gasteiger partial charge on any atom is 0.124 e. The van der Waals surface area contributed by atoms with E-state index in [1.54, 1.807) is 0 Å². The van der Waals surface area contributed by atoms with Crippen molar-refractivity contribution in [1.29, 1.82) is 0 Å². The SMILES string of the molecule is CCOc1ccccc1C(N)CN1CCC(C)C(C)C1. The first-order valence-corrected chi connectivity index (χ1v) is 7.81. The van der Waals surface area contributed by atoms with Crippen LogP contribution in [0.4, 0.5) is 0 Å². The lowest BCUT2D eigenvalue weighted by atomic mass is 9.88. The molecule has 1 aliphatic rings. The minimum Gasteiger partial charge on any atom is -0.494 e. The second-order valence-electron chi connectivity index (χ2n) is 6.08. The summed E-state index contributed by atoms with van der Waals surface area (Å²) in [5, 5.41) is 0. The number of hydrogen-bond acceptors (Lipinski definition) is 3. The fourth-order valence-corrected chi connectivity index (χ4v) is 2.97. The Labute approximate surface area is 123 Å². The van der Waals surface area contributed by atoms with Gasteiger partial charge in [0.2, 0.25) is 0 Å². The number of para-hydroxylation sites is 1. The van der Waals surface area contributed by atoms with Crippen molar-refractivity contribution in [2.75, 3.05) is 26.2 Å². The van der Waals surface area contributed by atoms with E-state index in [2.05, 4.69) is 24.8 Å². The van der Waals surface area contributed by atoms with Crippen molar-refractivity contribution in [3.8, 4) is 5.75 Å². The molecule has 1 aromatic carbocycles. The fraction of sp³-hybridized carbons (Fsp3) is 0.647. The molecule has 1 fully saturated rings. The number of likely N-dealkylation sites (tertiary alicyclic amines) is 1. The lowest BCUT2D eigenvalue weighted by Gasteiger charge is -2.36. The molecule has 0 amide bonds. The zero-order valence-corrected chi connectivity index (χ0v) is 13.0. The van der Waals surface area contributed by atoms with Gasteiger partial charge in [0, 0.05) is 24.7 Å². The highest BCUT2D eigenvalue weighted by atomic mass is 16.5. The standard InChI is InChI=1S/C17H28N2O/c1-4-20-17-8-6-5-7-15(17)16(18)12-19-10-9-13(2)14(3)11-19/h5-8,13-14,16H,4,9-12,18H2,1-3H3. The largest absolute Gasteiger partial charge is 0.494 e. The molecule has 0 saturated carbocycles. The Kier molecular flexibility index (Phi) is 5.44. The molecule has 0 bridgehead atoms. The number of benzene rings is 1. The van der Waals surface area contributed by atoms with Gasteiger partial charge in [-0.3, -0.25) is 0 Å². The summed E-state index contributed by atoms with van der Waals surface area (Å²) in [6, 6.07) is 8.17. The normalized spacial score (nSPS) is 25.4. The highest BCUT2D eigenvalue weighted by molar-refractivity contribution is 5.36. The van der Waals surface area contributed by atoms with Crippen molar-refractivity contribution in [2.45, 2.75) is 33.2 Å². The second kappa shape index (κ2) is 7.09. The van der Waals surface area contributed by atoms with Gasteiger partial charge in [-0.1, -0.05) is 32.0 Å². The lowest BCUT2D eigenvalue weighted by Crippen LogP contribution is -2.42. The number of nitrogens with two attached hydrogens (primary N) is 1. The van der Waals surface area contributed by atoms with Gasteiger partial charge in [0.25, 0.3) is 0 Å². The summed E-state index contributed by atoms with van der Waals surface area (Å²) in [5.74, 6) is 2.53. The predicted octanol–water partition coefficient (Wildman–Crippen LogP) is 3.06. The third-order valence-corrected chi connectivity index (χ3v) is 4.49. The summed E-state index contributed by atoms with van der Waals surface area (Å²) in [6.07, 6.45) is 1.28. The third kappa shape index (κ3) is 3.74. The molecule has 3 nitrogen and oxygen atoms in total. The molecule has 3 atom stereocenters.